The second-order valence-corrected chi connectivity index (χ2v) is 4.86. The molecule has 2 rings (SSSR count). The van der Waals surface area contributed by atoms with Crippen molar-refractivity contribution in [3.05, 3.63) is 28.3 Å². The van der Waals surface area contributed by atoms with E-state index in [2.05, 4.69) is 11.8 Å². The van der Waals surface area contributed by atoms with Crippen LogP contribution < -0.4 is 10.6 Å². The highest BCUT2D eigenvalue weighted by atomic mass is 16.6. The fourth-order valence-corrected chi connectivity index (χ4v) is 2.54. The van der Waals surface area contributed by atoms with Gasteiger partial charge in [-0.2, -0.15) is 0 Å². The summed E-state index contributed by atoms with van der Waals surface area (Å²) in [5.74, 6) is 0.718. The van der Waals surface area contributed by atoms with Crippen LogP contribution in [0.25, 0.3) is 0 Å². The highest BCUT2D eigenvalue weighted by Crippen LogP contribution is 2.30. The first kappa shape index (κ1) is 12.7. The molecule has 98 valence electrons. The molecule has 5 nitrogen and oxygen atoms in total. The summed E-state index contributed by atoms with van der Waals surface area (Å²) in [4.78, 5) is 12.6. The number of nitro groups is 1. The molecule has 0 aromatic heterocycles. The molecule has 0 radical (unpaired) electrons. The lowest BCUT2D eigenvalue weighted by molar-refractivity contribution is -0.383. The molecule has 0 spiro atoms. The maximum absolute atomic E-state index is 10.7. The smallest absolute Gasteiger partial charge is 0.292 e. The molecule has 1 aromatic carbocycles. The van der Waals surface area contributed by atoms with Crippen LogP contribution in [0.1, 0.15) is 26.2 Å². The van der Waals surface area contributed by atoms with Gasteiger partial charge in [-0.1, -0.05) is 13.3 Å². The molecular weight excluding hydrogens is 230 g/mol. The van der Waals surface area contributed by atoms with Crippen molar-refractivity contribution in [2.75, 3.05) is 23.7 Å². The van der Waals surface area contributed by atoms with Crippen molar-refractivity contribution in [3.8, 4) is 0 Å². The Morgan fingerprint density at radius 3 is 2.94 bits per heavy atom. The van der Waals surface area contributed by atoms with Crippen molar-refractivity contribution in [3.63, 3.8) is 0 Å². The zero-order valence-corrected chi connectivity index (χ0v) is 10.6. The largest absolute Gasteiger partial charge is 0.393 e. The number of hydrogen-bond donors (Lipinski definition) is 1. The third kappa shape index (κ3) is 2.55. The maximum Gasteiger partial charge on any atom is 0.292 e. The van der Waals surface area contributed by atoms with Gasteiger partial charge in [0.1, 0.15) is 5.69 Å². The van der Waals surface area contributed by atoms with Crippen molar-refractivity contribution in [1.82, 2.24) is 0 Å². The Kier molecular flexibility index (Phi) is 3.69. The van der Waals surface area contributed by atoms with Crippen molar-refractivity contribution in [1.29, 1.82) is 0 Å². The van der Waals surface area contributed by atoms with E-state index in [0.717, 1.165) is 24.7 Å². The number of rotatable bonds is 3. The molecule has 18 heavy (non-hydrogen) atoms. The Bertz CT molecular complexity index is 448. The Morgan fingerprint density at radius 2 is 2.33 bits per heavy atom. The standard InChI is InChI=1S/C13H19N3O2/c1-2-10-4-3-7-15(9-10)11-5-6-13(16(17)18)12(14)8-11/h5-6,8,10H,2-4,7,9,14H2,1H3. The van der Waals surface area contributed by atoms with Gasteiger partial charge in [0.2, 0.25) is 0 Å². The van der Waals surface area contributed by atoms with E-state index < -0.39 is 4.92 Å². The minimum absolute atomic E-state index is 0.0113. The van der Waals surface area contributed by atoms with Crippen LogP contribution in [0.4, 0.5) is 17.1 Å². The van der Waals surface area contributed by atoms with Crippen LogP contribution in [-0.2, 0) is 0 Å². The van der Waals surface area contributed by atoms with Crippen LogP contribution in [0.2, 0.25) is 0 Å². The highest BCUT2D eigenvalue weighted by molar-refractivity contribution is 5.66. The molecule has 1 heterocycles. The van der Waals surface area contributed by atoms with Gasteiger partial charge in [0.25, 0.3) is 5.69 Å². The number of anilines is 2. The molecule has 0 bridgehead atoms. The van der Waals surface area contributed by atoms with E-state index in [4.69, 9.17) is 5.73 Å². The van der Waals surface area contributed by atoms with Gasteiger partial charge in [-0.3, -0.25) is 10.1 Å². The normalized spacial score (nSPS) is 19.8. The zero-order chi connectivity index (χ0) is 13.1. The van der Waals surface area contributed by atoms with Gasteiger partial charge in [-0.15, -0.1) is 0 Å². The first-order valence-corrected chi connectivity index (χ1v) is 6.40. The number of nitrogen functional groups attached to an aromatic ring is 1. The number of hydrogen-bond acceptors (Lipinski definition) is 4. The molecule has 1 aliphatic rings. The Morgan fingerprint density at radius 1 is 1.56 bits per heavy atom. The molecule has 1 unspecified atom stereocenters. The Hall–Kier alpha value is -1.78. The van der Waals surface area contributed by atoms with E-state index in [1.165, 1.54) is 25.3 Å². The Balaban J connectivity index is 2.18. The van der Waals surface area contributed by atoms with Gasteiger partial charge < -0.3 is 10.6 Å². The van der Waals surface area contributed by atoms with E-state index in [1.54, 1.807) is 12.1 Å². The molecule has 1 fully saturated rings. The lowest BCUT2D eigenvalue weighted by Crippen LogP contribution is -2.35. The molecule has 0 amide bonds. The van der Waals surface area contributed by atoms with Crippen LogP contribution in [0, 0.1) is 16.0 Å². The second kappa shape index (κ2) is 5.25. The van der Waals surface area contributed by atoms with Gasteiger partial charge >= 0.3 is 0 Å². The first-order chi connectivity index (χ1) is 8.61. The number of benzene rings is 1. The summed E-state index contributed by atoms with van der Waals surface area (Å²) in [5.41, 5.74) is 6.96. The summed E-state index contributed by atoms with van der Waals surface area (Å²) in [5, 5.41) is 10.7. The second-order valence-electron chi connectivity index (χ2n) is 4.86. The summed E-state index contributed by atoms with van der Waals surface area (Å²) in [6.45, 7) is 4.24. The van der Waals surface area contributed by atoms with Gasteiger partial charge in [0.05, 0.1) is 4.92 Å². The SMILES string of the molecule is CCC1CCCN(c2ccc([N+](=O)[O-])c(N)c2)C1. The third-order valence-electron chi connectivity index (χ3n) is 3.67. The van der Waals surface area contributed by atoms with Gasteiger partial charge in [-0.05, 0) is 30.9 Å². The van der Waals surface area contributed by atoms with Crippen LogP contribution in [0.5, 0.6) is 0 Å². The van der Waals surface area contributed by atoms with Crippen molar-refractivity contribution >= 4 is 17.1 Å². The van der Waals surface area contributed by atoms with E-state index >= 15 is 0 Å². The van der Waals surface area contributed by atoms with Crippen LogP contribution >= 0.6 is 0 Å². The molecule has 1 saturated heterocycles. The van der Waals surface area contributed by atoms with Gasteiger partial charge in [0, 0.05) is 24.8 Å². The lowest BCUT2D eigenvalue weighted by atomic mass is 9.95. The topological polar surface area (TPSA) is 72.4 Å². The minimum Gasteiger partial charge on any atom is -0.393 e. The van der Waals surface area contributed by atoms with Gasteiger partial charge in [-0.25, -0.2) is 0 Å². The van der Waals surface area contributed by atoms with E-state index in [1.807, 2.05) is 0 Å². The maximum atomic E-state index is 10.7. The highest BCUT2D eigenvalue weighted by Gasteiger charge is 2.20. The molecule has 1 atom stereocenters. The fraction of sp³-hybridized carbons (Fsp3) is 0.538. The quantitative estimate of drug-likeness (QED) is 0.508. The van der Waals surface area contributed by atoms with Crippen molar-refractivity contribution < 1.29 is 4.92 Å². The molecule has 1 aromatic rings. The fourth-order valence-electron chi connectivity index (χ4n) is 2.54. The average molecular weight is 249 g/mol. The van der Waals surface area contributed by atoms with Crippen LogP contribution in [0.15, 0.2) is 18.2 Å². The van der Waals surface area contributed by atoms with Crippen LogP contribution in [-0.4, -0.2) is 18.0 Å². The van der Waals surface area contributed by atoms with Crippen molar-refractivity contribution in [2.24, 2.45) is 5.92 Å². The van der Waals surface area contributed by atoms with E-state index in [9.17, 15) is 10.1 Å². The van der Waals surface area contributed by atoms with E-state index in [-0.39, 0.29) is 11.4 Å². The van der Waals surface area contributed by atoms with Gasteiger partial charge in [0.15, 0.2) is 0 Å². The summed E-state index contributed by atoms with van der Waals surface area (Å²) in [7, 11) is 0. The third-order valence-corrected chi connectivity index (χ3v) is 3.67. The Labute approximate surface area is 107 Å². The van der Waals surface area contributed by atoms with Crippen molar-refractivity contribution in [2.45, 2.75) is 26.2 Å². The molecular formula is C13H19N3O2. The van der Waals surface area contributed by atoms with E-state index in [0.29, 0.717) is 0 Å². The zero-order valence-electron chi connectivity index (χ0n) is 10.6. The number of nitrogens with two attached hydrogens (primary N) is 1. The predicted molar refractivity (Wildman–Crippen MR) is 72.7 cm³/mol. The summed E-state index contributed by atoms with van der Waals surface area (Å²) in [6, 6.07) is 5.02. The number of nitrogens with zero attached hydrogens (tertiary/aromatic N) is 2. The van der Waals surface area contributed by atoms with Crippen LogP contribution in [0.3, 0.4) is 0 Å². The monoisotopic (exact) mass is 249 g/mol. The summed E-state index contributed by atoms with van der Waals surface area (Å²) < 4.78 is 0. The first-order valence-electron chi connectivity index (χ1n) is 6.40. The molecule has 5 heteroatoms. The molecule has 1 aliphatic heterocycles. The molecule has 2 N–H and O–H groups in total. The molecule has 0 saturated carbocycles. The predicted octanol–water partition coefficient (Wildman–Crippen LogP) is 2.80. The summed E-state index contributed by atoms with van der Waals surface area (Å²) in [6.07, 6.45) is 3.63. The summed E-state index contributed by atoms with van der Waals surface area (Å²) >= 11 is 0. The minimum atomic E-state index is -0.440. The number of nitro benzene ring substituents is 1. The average Bonchev–Trinajstić information content (AvgIpc) is 2.38. The number of piperidine rings is 1. The molecule has 0 aliphatic carbocycles. The lowest BCUT2D eigenvalue weighted by Gasteiger charge is -2.34.